The van der Waals surface area contributed by atoms with Gasteiger partial charge in [0, 0.05) is 4.47 Å². The molecule has 0 aliphatic heterocycles. The number of halogens is 1. The van der Waals surface area contributed by atoms with Gasteiger partial charge in [0.15, 0.2) is 0 Å². The maximum atomic E-state index is 11.5. The molecule has 0 aromatic heterocycles. The summed E-state index contributed by atoms with van der Waals surface area (Å²) >= 11 is 3.20. The fraction of sp³-hybridized carbons (Fsp3) is 0.182. The molecule has 0 spiro atoms. The Morgan fingerprint density at radius 2 is 2.18 bits per heavy atom. The smallest absolute Gasteiger partial charge is 0.315 e. The maximum Gasteiger partial charge on any atom is 0.315 e. The first kappa shape index (κ1) is 13.2. The van der Waals surface area contributed by atoms with Crippen molar-refractivity contribution < 1.29 is 14.7 Å². The summed E-state index contributed by atoms with van der Waals surface area (Å²) in [4.78, 5) is 22.1. The SMILES string of the molecule is CC(C(=O)O)C(=O)Nc1ccc(Br)cc1C#N. The third kappa shape index (κ3) is 3.29. The standard InChI is InChI=1S/C11H9BrN2O3/c1-6(11(16)17)10(15)14-9-3-2-8(12)4-7(9)5-13/h2-4,6H,1H3,(H,14,15)(H,16,17). The molecule has 0 heterocycles. The van der Waals surface area contributed by atoms with Crippen LogP contribution < -0.4 is 5.32 Å². The Kier molecular flexibility index (Phi) is 4.24. The molecule has 0 fully saturated rings. The molecule has 0 aliphatic rings. The molecule has 17 heavy (non-hydrogen) atoms. The predicted molar refractivity (Wildman–Crippen MR) is 64.3 cm³/mol. The molecule has 0 saturated heterocycles. The molecule has 1 unspecified atom stereocenters. The van der Waals surface area contributed by atoms with Crippen molar-refractivity contribution in [3.63, 3.8) is 0 Å². The number of nitrogens with one attached hydrogen (secondary N) is 1. The van der Waals surface area contributed by atoms with E-state index in [4.69, 9.17) is 10.4 Å². The van der Waals surface area contributed by atoms with E-state index in [0.29, 0.717) is 10.2 Å². The van der Waals surface area contributed by atoms with Crippen LogP contribution >= 0.6 is 15.9 Å². The Labute approximate surface area is 106 Å². The summed E-state index contributed by atoms with van der Waals surface area (Å²) in [6, 6.07) is 6.65. The Hall–Kier alpha value is -1.87. The van der Waals surface area contributed by atoms with E-state index in [1.807, 2.05) is 6.07 Å². The summed E-state index contributed by atoms with van der Waals surface area (Å²) in [6.07, 6.45) is 0. The summed E-state index contributed by atoms with van der Waals surface area (Å²) in [7, 11) is 0. The van der Waals surface area contributed by atoms with Crippen LogP contribution in [0.25, 0.3) is 0 Å². The number of rotatable bonds is 3. The van der Waals surface area contributed by atoms with E-state index in [1.54, 1.807) is 12.1 Å². The van der Waals surface area contributed by atoms with Crippen LogP contribution in [0.15, 0.2) is 22.7 Å². The van der Waals surface area contributed by atoms with Crippen molar-refractivity contribution in [2.24, 2.45) is 5.92 Å². The highest BCUT2D eigenvalue weighted by Gasteiger charge is 2.21. The Morgan fingerprint density at radius 3 is 2.71 bits per heavy atom. The lowest BCUT2D eigenvalue weighted by Crippen LogP contribution is -2.27. The van der Waals surface area contributed by atoms with Crippen molar-refractivity contribution in [2.75, 3.05) is 5.32 Å². The molecule has 2 N–H and O–H groups in total. The van der Waals surface area contributed by atoms with Gasteiger partial charge in [-0.05, 0) is 25.1 Å². The van der Waals surface area contributed by atoms with Crippen molar-refractivity contribution in [3.8, 4) is 6.07 Å². The van der Waals surface area contributed by atoms with Crippen LogP contribution in [0.5, 0.6) is 0 Å². The van der Waals surface area contributed by atoms with E-state index in [9.17, 15) is 9.59 Å². The summed E-state index contributed by atoms with van der Waals surface area (Å²) in [6.45, 7) is 1.28. The minimum atomic E-state index is -1.21. The summed E-state index contributed by atoms with van der Waals surface area (Å²) < 4.78 is 0.707. The highest BCUT2D eigenvalue weighted by Crippen LogP contribution is 2.20. The lowest BCUT2D eigenvalue weighted by Gasteiger charge is -2.09. The molecule has 0 saturated carbocycles. The highest BCUT2D eigenvalue weighted by atomic mass is 79.9. The third-order valence-corrected chi connectivity index (χ3v) is 2.62. The van der Waals surface area contributed by atoms with Gasteiger partial charge >= 0.3 is 5.97 Å². The fourth-order valence-corrected chi connectivity index (χ4v) is 1.43. The minimum absolute atomic E-state index is 0.269. The van der Waals surface area contributed by atoms with Gasteiger partial charge in [0.1, 0.15) is 12.0 Å². The van der Waals surface area contributed by atoms with Gasteiger partial charge in [-0.25, -0.2) is 0 Å². The van der Waals surface area contributed by atoms with Crippen molar-refractivity contribution in [2.45, 2.75) is 6.92 Å². The Bertz CT molecular complexity index is 508. The molecule has 1 amide bonds. The van der Waals surface area contributed by atoms with Crippen LogP contribution in [0.4, 0.5) is 5.69 Å². The molecule has 6 heteroatoms. The zero-order valence-electron chi connectivity index (χ0n) is 8.90. The van der Waals surface area contributed by atoms with Crippen molar-refractivity contribution in [1.29, 1.82) is 5.26 Å². The Morgan fingerprint density at radius 1 is 1.53 bits per heavy atom. The average Bonchev–Trinajstić information content (AvgIpc) is 2.30. The molecule has 0 aliphatic carbocycles. The second-order valence-corrected chi connectivity index (χ2v) is 4.27. The number of hydrogen-bond donors (Lipinski definition) is 2. The van der Waals surface area contributed by atoms with E-state index < -0.39 is 17.8 Å². The number of hydrogen-bond acceptors (Lipinski definition) is 3. The van der Waals surface area contributed by atoms with E-state index in [1.165, 1.54) is 13.0 Å². The number of benzene rings is 1. The zero-order valence-corrected chi connectivity index (χ0v) is 10.5. The molecule has 5 nitrogen and oxygen atoms in total. The molecular weight excluding hydrogens is 288 g/mol. The second kappa shape index (κ2) is 5.46. The largest absolute Gasteiger partial charge is 0.481 e. The number of carboxylic acid groups (broad SMARTS) is 1. The number of carboxylic acids is 1. The number of aliphatic carboxylic acids is 1. The first-order valence-electron chi connectivity index (χ1n) is 4.69. The van der Waals surface area contributed by atoms with Gasteiger partial charge in [-0.15, -0.1) is 0 Å². The number of carbonyl (C=O) groups excluding carboxylic acids is 1. The molecule has 1 aromatic carbocycles. The van der Waals surface area contributed by atoms with Crippen LogP contribution in [0.3, 0.4) is 0 Å². The number of nitrogens with zero attached hydrogens (tertiary/aromatic N) is 1. The monoisotopic (exact) mass is 296 g/mol. The Balaban J connectivity index is 2.93. The molecule has 1 atom stereocenters. The van der Waals surface area contributed by atoms with Crippen LogP contribution in [-0.4, -0.2) is 17.0 Å². The van der Waals surface area contributed by atoms with Gasteiger partial charge in [0.25, 0.3) is 0 Å². The van der Waals surface area contributed by atoms with Crippen LogP contribution in [0, 0.1) is 17.2 Å². The fourth-order valence-electron chi connectivity index (χ4n) is 1.07. The second-order valence-electron chi connectivity index (χ2n) is 3.35. The maximum absolute atomic E-state index is 11.5. The van der Waals surface area contributed by atoms with Crippen molar-refractivity contribution in [3.05, 3.63) is 28.2 Å². The summed E-state index contributed by atoms with van der Waals surface area (Å²) in [5.74, 6) is -3.03. The van der Waals surface area contributed by atoms with Crippen molar-refractivity contribution >= 4 is 33.5 Å². The number of amides is 1. The average molecular weight is 297 g/mol. The lowest BCUT2D eigenvalue weighted by molar-refractivity contribution is -0.144. The van der Waals surface area contributed by atoms with Gasteiger partial charge in [-0.3, -0.25) is 9.59 Å². The van der Waals surface area contributed by atoms with Crippen LogP contribution in [0.2, 0.25) is 0 Å². The normalized spacial score (nSPS) is 11.4. The molecule has 88 valence electrons. The van der Waals surface area contributed by atoms with Gasteiger partial charge in [-0.2, -0.15) is 5.26 Å². The summed E-state index contributed by atoms with van der Waals surface area (Å²) in [5, 5.41) is 19.9. The van der Waals surface area contributed by atoms with Crippen LogP contribution in [-0.2, 0) is 9.59 Å². The van der Waals surface area contributed by atoms with Gasteiger partial charge in [-0.1, -0.05) is 15.9 Å². The molecular formula is C11H9BrN2O3. The number of carbonyl (C=O) groups is 2. The molecule has 0 radical (unpaired) electrons. The highest BCUT2D eigenvalue weighted by molar-refractivity contribution is 9.10. The molecule has 1 rings (SSSR count). The van der Waals surface area contributed by atoms with E-state index in [2.05, 4.69) is 21.2 Å². The predicted octanol–water partition coefficient (Wildman–Crippen LogP) is 1.98. The van der Waals surface area contributed by atoms with Crippen molar-refractivity contribution in [1.82, 2.24) is 0 Å². The first-order valence-corrected chi connectivity index (χ1v) is 5.48. The lowest BCUT2D eigenvalue weighted by atomic mass is 10.1. The topological polar surface area (TPSA) is 90.2 Å². The van der Waals surface area contributed by atoms with Gasteiger partial charge in [0.05, 0.1) is 11.3 Å². The first-order chi connectivity index (χ1) is 7.95. The quantitative estimate of drug-likeness (QED) is 0.835. The van der Waals surface area contributed by atoms with Crippen LogP contribution in [0.1, 0.15) is 12.5 Å². The third-order valence-electron chi connectivity index (χ3n) is 2.12. The number of anilines is 1. The zero-order chi connectivity index (χ0) is 13.0. The summed E-state index contributed by atoms with van der Waals surface area (Å²) in [5.41, 5.74) is 0.569. The van der Waals surface area contributed by atoms with E-state index >= 15 is 0 Å². The minimum Gasteiger partial charge on any atom is -0.481 e. The van der Waals surface area contributed by atoms with Gasteiger partial charge in [0.2, 0.25) is 5.91 Å². The molecule has 1 aromatic rings. The molecule has 0 bridgehead atoms. The number of nitriles is 1. The van der Waals surface area contributed by atoms with E-state index in [0.717, 1.165) is 0 Å². The van der Waals surface area contributed by atoms with E-state index in [-0.39, 0.29) is 5.56 Å². The van der Waals surface area contributed by atoms with Gasteiger partial charge < -0.3 is 10.4 Å².